The number of nitrogens with zero attached hydrogens (tertiary/aromatic N) is 1. The van der Waals surface area contributed by atoms with E-state index in [1.165, 1.54) is 21.8 Å². The molecule has 5 rings (SSSR count). The van der Waals surface area contributed by atoms with Gasteiger partial charge in [-0.25, -0.2) is 0 Å². The summed E-state index contributed by atoms with van der Waals surface area (Å²) < 4.78 is 9.11. The smallest absolute Gasteiger partial charge is 0.186 e. The van der Waals surface area contributed by atoms with Crippen LogP contribution >= 0.6 is 0 Å². The first-order chi connectivity index (χ1) is 17.0. The van der Waals surface area contributed by atoms with Gasteiger partial charge in [0.05, 0.1) is 11.0 Å². The molecule has 0 aliphatic heterocycles. The number of aromatic nitrogens is 1. The molecule has 0 aliphatic carbocycles. The van der Waals surface area contributed by atoms with Gasteiger partial charge in [0.1, 0.15) is 0 Å². The van der Waals surface area contributed by atoms with E-state index in [1.807, 2.05) is 18.2 Å². The van der Waals surface area contributed by atoms with Crippen molar-refractivity contribution in [2.45, 2.75) is 25.2 Å². The SMILES string of the molecule is C[Si](C)(C)OC(C#C/C=C/n1c2ccccc2c2ccccc21)(c1ccccc1)c1ccccc1. The molecule has 1 aromatic heterocycles. The van der Waals surface area contributed by atoms with Gasteiger partial charge in [-0.1, -0.05) is 109 Å². The third kappa shape index (κ3) is 4.59. The number of fused-ring (bicyclic) bond motifs is 3. The van der Waals surface area contributed by atoms with Gasteiger partial charge < -0.3 is 8.99 Å². The first-order valence-electron chi connectivity index (χ1n) is 12.0. The molecule has 0 unspecified atom stereocenters. The lowest BCUT2D eigenvalue weighted by Gasteiger charge is -2.36. The fraction of sp³-hybridized carbons (Fsp3) is 0.125. The monoisotopic (exact) mass is 471 g/mol. The molecular formula is C32H29NOSi. The van der Waals surface area contributed by atoms with Crippen LogP contribution < -0.4 is 0 Å². The molecule has 0 aliphatic rings. The summed E-state index contributed by atoms with van der Waals surface area (Å²) in [5.74, 6) is 6.90. The molecule has 0 amide bonds. The predicted octanol–water partition coefficient (Wildman–Crippen LogP) is 8.06. The summed E-state index contributed by atoms with van der Waals surface area (Å²) in [5.41, 5.74) is 3.60. The van der Waals surface area contributed by atoms with Crippen molar-refractivity contribution < 1.29 is 4.43 Å². The van der Waals surface area contributed by atoms with E-state index in [4.69, 9.17) is 4.43 Å². The molecule has 0 bridgehead atoms. The fourth-order valence-corrected chi connectivity index (χ4v) is 5.83. The summed E-state index contributed by atoms with van der Waals surface area (Å²) in [5, 5.41) is 2.48. The van der Waals surface area contributed by atoms with Crippen LogP contribution in [0.5, 0.6) is 0 Å². The van der Waals surface area contributed by atoms with Gasteiger partial charge in [-0.3, -0.25) is 0 Å². The van der Waals surface area contributed by atoms with Crippen molar-refractivity contribution in [2.24, 2.45) is 0 Å². The van der Waals surface area contributed by atoms with Crippen LogP contribution in [0.3, 0.4) is 0 Å². The van der Waals surface area contributed by atoms with E-state index in [0.29, 0.717) is 0 Å². The minimum absolute atomic E-state index is 0.835. The van der Waals surface area contributed by atoms with Crippen LogP contribution in [0.25, 0.3) is 28.0 Å². The predicted molar refractivity (Wildman–Crippen MR) is 151 cm³/mol. The Morgan fingerprint density at radius 1 is 0.657 bits per heavy atom. The second-order valence-electron chi connectivity index (χ2n) is 9.62. The van der Waals surface area contributed by atoms with Crippen molar-refractivity contribution in [2.75, 3.05) is 0 Å². The standard InChI is InChI=1S/C32H29NOSi/c1-35(2,3)34-32(26-16-6-4-7-17-26,27-18-8-5-9-19-27)24-14-15-25-33-30-22-12-10-20-28(30)29-21-11-13-23-31(29)33/h4-13,15-23,25H,1-3H3/b25-15+. The zero-order valence-electron chi connectivity index (χ0n) is 20.4. The minimum Gasteiger partial charge on any atom is -0.395 e. The molecular weight excluding hydrogens is 442 g/mol. The number of para-hydroxylation sites is 2. The number of hydrogen-bond donors (Lipinski definition) is 0. The van der Waals surface area contributed by atoms with E-state index < -0.39 is 13.9 Å². The molecule has 2 nitrogen and oxygen atoms in total. The third-order valence-electron chi connectivity index (χ3n) is 5.99. The molecule has 0 saturated carbocycles. The first kappa shape index (κ1) is 22.9. The number of rotatable bonds is 5. The van der Waals surface area contributed by atoms with Gasteiger partial charge in [-0.15, -0.1) is 0 Å². The number of benzene rings is 4. The highest BCUT2D eigenvalue weighted by atomic mass is 28.4. The van der Waals surface area contributed by atoms with Gasteiger partial charge in [0, 0.05) is 23.0 Å². The van der Waals surface area contributed by atoms with Crippen LogP contribution in [-0.4, -0.2) is 12.9 Å². The Hall–Kier alpha value is -3.84. The van der Waals surface area contributed by atoms with Gasteiger partial charge in [-0.2, -0.15) is 0 Å². The fourth-order valence-electron chi connectivity index (χ4n) is 4.63. The molecule has 0 N–H and O–H groups in total. The lowest BCUT2D eigenvalue weighted by Crippen LogP contribution is -2.40. The highest BCUT2D eigenvalue weighted by Gasteiger charge is 2.38. The van der Waals surface area contributed by atoms with Crippen LogP contribution in [0.2, 0.25) is 19.6 Å². The van der Waals surface area contributed by atoms with Gasteiger partial charge >= 0.3 is 0 Å². The second kappa shape index (κ2) is 9.42. The maximum atomic E-state index is 6.90. The summed E-state index contributed by atoms with van der Waals surface area (Å²) in [4.78, 5) is 0. The van der Waals surface area contributed by atoms with Crippen molar-refractivity contribution in [3.63, 3.8) is 0 Å². The molecule has 4 aromatic carbocycles. The Morgan fingerprint density at radius 3 is 1.60 bits per heavy atom. The minimum atomic E-state index is -1.98. The van der Waals surface area contributed by atoms with Crippen LogP contribution in [0.15, 0.2) is 115 Å². The Balaban J connectivity index is 1.65. The Morgan fingerprint density at radius 2 is 1.11 bits per heavy atom. The average molecular weight is 472 g/mol. The van der Waals surface area contributed by atoms with Gasteiger partial charge in [0.15, 0.2) is 13.9 Å². The van der Waals surface area contributed by atoms with Crippen LogP contribution in [0.1, 0.15) is 11.1 Å². The van der Waals surface area contributed by atoms with Crippen LogP contribution in [0, 0.1) is 11.8 Å². The van der Waals surface area contributed by atoms with Crippen molar-refractivity contribution >= 4 is 36.3 Å². The Bertz CT molecular complexity index is 1450. The summed E-state index contributed by atoms with van der Waals surface area (Å²) in [6.45, 7) is 6.63. The number of hydrogen-bond acceptors (Lipinski definition) is 1. The summed E-state index contributed by atoms with van der Waals surface area (Å²) in [6.07, 6.45) is 4.00. The molecule has 35 heavy (non-hydrogen) atoms. The first-order valence-corrected chi connectivity index (χ1v) is 15.4. The van der Waals surface area contributed by atoms with Crippen LogP contribution in [-0.2, 0) is 10.0 Å². The highest BCUT2D eigenvalue weighted by molar-refractivity contribution is 6.69. The summed E-state index contributed by atoms with van der Waals surface area (Å²) >= 11 is 0. The Kier molecular flexibility index (Phi) is 6.17. The second-order valence-corrected chi connectivity index (χ2v) is 14.0. The molecule has 1 heterocycles. The quantitative estimate of drug-likeness (QED) is 0.187. The molecule has 0 saturated heterocycles. The maximum absolute atomic E-state index is 6.90. The summed E-state index contributed by atoms with van der Waals surface area (Å²) in [7, 11) is -1.98. The van der Waals surface area contributed by atoms with E-state index in [1.54, 1.807) is 0 Å². The van der Waals surface area contributed by atoms with Crippen molar-refractivity contribution in [3.8, 4) is 11.8 Å². The number of allylic oxidation sites excluding steroid dienone is 1. The maximum Gasteiger partial charge on any atom is 0.186 e. The van der Waals surface area contributed by atoms with Gasteiger partial charge in [-0.05, 0) is 42.9 Å². The van der Waals surface area contributed by atoms with Crippen molar-refractivity contribution in [1.82, 2.24) is 4.57 Å². The highest BCUT2D eigenvalue weighted by Crippen LogP contribution is 2.36. The largest absolute Gasteiger partial charge is 0.395 e. The van der Waals surface area contributed by atoms with E-state index in [2.05, 4.69) is 139 Å². The normalized spacial score (nSPS) is 12.2. The van der Waals surface area contributed by atoms with Crippen molar-refractivity contribution in [1.29, 1.82) is 0 Å². The Labute approximate surface area is 208 Å². The van der Waals surface area contributed by atoms with E-state index >= 15 is 0 Å². The van der Waals surface area contributed by atoms with Crippen molar-refractivity contribution in [3.05, 3.63) is 126 Å². The molecule has 0 atom stereocenters. The van der Waals surface area contributed by atoms with E-state index in [-0.39, 0.29) is 0 Å². The van der Waals surface area contributed by atoms with E-state index in [0.717, 1.165) is 11.1 Å². The van der Waals surface area contributed by atoms with Gasteiger partial charge in [0.25, 0.3) is 0 Å². The lowest BCUT2D eigenvalue weighted by atomic mass is 9.87. The van der Waals surface area contributed by atoms with Gasteiger partial charge in [0.2, 0.25) is 0 Å². The molecule has 3 heteroatoms. The molecule has 0 fully saturated rings. The third-order valence-corrected chi connectivity index (χ3v) is 6.91. The molecule has 172 valence electrons. The zero-order valence-corrected chi connectivity index (χ0v) is 21.4. The molecule has 0 spiro atoms. The zero-order chi connectivity index (χ0) is 24.3. The molecule has 5 aromatic rings. The van der Waals surface area contributed by atoms with E-state index in [9.17, 15) is 0 Å². The molecule has 0 radical (unpaired) electrons. The van der Waals surface area contributed by atoms with Crippen LogP contribution in [0.4, 0.5) is 0 Å². The summed E-state index contributed by atoms with van der Waals surface area (Å²) in [6, 6.07) is 37.7. The average Bonchev–Trinajstić information content (AvgIpc) is 3.20. The lowest BCUT2D eigenvalue weighted by molar-refractivity contribution is 0.166. The topological polar surface area (TPSA) is 14.2 Å².